The van der Waals surface area contributed by atoms with Crippen LogP contribution in [-0.2, 0) is 26.6 Å². The Balaban J connectivity index is 5.59. The number of rotatable bonds is 8. The van der Waals surface area contributed by atoms with Gasteiger partial charge in [0.2, 0.25) is 0 Å². The molecule has 102 valence electrons. The molecule has 0 aromatic rings. The first kappa shape index (κ1) is 16.9. The van der Waals surface area contributed by atoms with Crippen LogP contribution in [0.25, 0.3) is 0 Å². The molecule has 0 aromatic heterocycles. The zero-order chi connectivity index (χ0) is 13.5. The van der Waals surface area contributed by atoms with Crippen molar-refractivity contribution in [3.05, 3.63) is 10.9 Å². The molecule has 6 nitrogen and oxygen atoms in total. The minimum absolute atomic E-state index is 0.685. The standard InChI is InChI=1S/C9H22O6Si2/c1-8-9(16(10-2,11-3)12-4)17(13-5,14-6)15-7/h8H,1-7H3. The summed E-state index contributed by atoms with van der Waals surface area (Å²) in [5.74, 6) is 0. The fourth-order valence-electron chi connectivity index (χ4n) is 1.70. The highest BCUT2D eigenvalue weighted by Crippen LogP contribution is 2.28. The van der Waals surface area contributed by atoms with Gasteiger partial charge in [0.25, 0.3) is 0 Å². The van der Waals surface area contributed by atoms with Gasteiger partial charge in [-0.15, -0.1) is 0 Å². The van der Waals surface area contributed by atoms with Gasteiger partial charge in [-0.3, -0.25) is 0 Å². The van der Waals surface area contributed by atoms with Crippen LogP contribution in [0.5, 0.6) is 0 Å². The van der Waals surface area contributed by atoms with Gasteiger partial charge < -0.3 is 26.6 Å². The predicted octanol–water partition coefficient (Wildman–Crippen LogP) is 0.767. The molecule has 0 N–H and O–H groups in total. The lowest BCUT2D eigenvalue weighted by molar-refractivity contribution is 0.111. The van der Waals surface area contributed by atoms with E-state index in [2.05, 4.69) is 0 Å². The normalized spacial score (nSPS) is 12.6. The van der Waals surface area contributed by atoms with E-state index in [1.54, 1.807) is 0 Å². The van der Waals surface area contributed by atoms with Crippen molar-refractivity contribution in [2.24, 2.45) is 0 Å². The molecule has 0 aliphatic carbocycles. The van der Waals surface area contributed by atoms with E-state index in [4.69, 9.17) is 26.6 Å². The highest BCUT2D eigenvalue weighted by molar-refractivity contribution is 6.91. The molecule has 17 heavy (non-hydrogen) atoms. The third-order valence-electron chi connectivity index (χ3n) is 2.56. The van der Waals surface area contributed by atoms with Gasteiger partial charge in [-0.1, -0.05) is 6.08 Å². The van der Waals surface area contributed by atoms with E-state index in [-0.39, 0.29) is 0 Å². The number of allylic oxidation sites excluding steroid dienone is 1. The molecule has 0 fully saturated rings. The summed E-state index contributed by atoms with van der Waals surface area (Å²) >= 11 is 0. The van der Waals surface area contributed by atoms with E-state index in [1.807, 2.05) is 13.0 Å². The molecule has 0 radical (unpaired) electrons. The highest BCUT2D eigenvalue weighted by atomic mass is 28.5. The van der Waals surface area contributed by atoms with E-state index >= 15 is 0 Å². The first-order valence-corrected chi connectivity index (χ1v) is 8.49. The Morgan fingerprint density at radius 2 is 0.882 bits per heavy atom. The summed E-state index contributed by atoms with van der Waals surface area (Å²) in [6.45, 7) is 1.84. The van der Waals surface area contributed by atoms with E-state index in [0.29, 0.717) is 4.82 Å². The van der Waals surface area contributed by atoms with Crippen LogP contribution >= 0.6 is 0 Å². The molecular formula is C9H22O6Si2. The monoisotopic (exact) mass is 282 g/mol. The minimum Gasteiger partial charge on any atom is -0.374 e. The number of hydrogen-bond donors (Lipinski definition) is 0. The molecule has 0 rings (SSSR count). The smallest absolute Gasteiger partial charge is 0.374 e. The lowest BCUT2D eigenvalue weighted by Crippen LogP contribution is -2.59. The van der Waals surface area contributed by atoms with E-state index < -0.39 is 17.6 Å². The highest BCUT2D eigenvalue weighted by Gasteiger charge is 2.59. The van der Waals surface area contributed by atoms with Gasteiger partial charge in [-0.2, -0.15) is 0 Å². The molecule has 0 aliphatic heterocycles. The quantitative estimate of drug-likeness (QED) is 0.613. The van der Waals surface area contributed by atoms with Crippen LogP contribution in [0, 0.1) is 0 Å². The van der Waals surface area contributed by atoms with Crippen molar-refractivity contribution in [2.75, 3.05) is 42.7 Å². The molecule has 0 amide bonds. The van der Waals surface area contributed by atoms with Gasteiger partial charge in [-0.25, -0.2) is 0 Å². The Labute approximate surface area is 105 Å². The summed E-state index contributed by atoms with van der Waals surface area (Å²) in [6.07, 6.45) is 1.81. The van der Waals surface area contributed by atoms with Crippen LogP contribution < -0.4 is 0 Å². The Kier molecular flexibility index (Phi) is 7.36. The molecule has 0 bridgehead atoms. The maximum absolute atomic E-state index is 5.42. The van der Waals surface area contributed by atoms with Crippen molar-refractivity contribution in [1.82, 2.24) is 0 Å². The van der Waals surface area contributed by atoms with E-state index in [0.717, 1.165) is 0 Å². The molecule has 0 aliphatic rings. The van der Waals surface area contributed by atoms with Crippen LogP contribution in [0.2, 0.25) is 0 Å². The largest absolute Gasteiger partial charge is 0.535 e. The molecule has 0 unspecified atom stereocenters. The Bertz CT molecular complexity index is 211. The van der Waals surface area contributed by atoms with E-state index in [9.17, 15) is 0 Å². The molecule has 0 heterocycles. The zero-order valence-corrected chi connectivity index (χ0v) is 13.5. The SMILES string of the molecule is CC=C([Si](OC)(OC)OC)[Si](OC)(OC)OC. The maximum Gasteiger partial charge on any atom is 0.535 e. The van der Waals surface area contributed by atoms with Crippen molar-refractivity contribution in [1.29, 1.82) is 0 Å². The maximum atomic E-state index is 5.42. The summed E-state index contributed by atoms with van der Waals surface area (Å²) in [6, 6.07) is 0. The van der Waals surface area contributed by atoms with Crippen LogP contribution in [0.15, 0.2) is 10.9 Å². The molecule has 8 heteroatoms. The van der Waals surface area contributed by atoms with Crippen molar-refractivity contribution < 1.29 is 26.6 Å². The Morgan fingerprint density at radius 3 is 1.00 bits per heavy atom. The lowest BCUT2D eigenvalue weighted by Gasteiger charge is -2.34. The van der Waals surface area contributed by atoms with Gasteiger partial charge in [-0.05, 0) is 6.92 Å². The molecule has 0 spiro atoms. The number of hydrogen-bond acceptors (Lipinski definition) is 6. The minimum atomic E-state index is -3.00. The summed E-state index contributed by atoms with van der Waals surface area (Å²) in [4.78, 5) is 0.685. The Hall–Kier alpha value is -0.0662. The molecule has 0 aromatic carbocycles. The first-order chi connectivity index (χ1) is 8.06. The Morgan fingerprint density at radius 1 is 0.647 bits per heavy atom. The van der Waals surface area contributed by atoms with Gasteiger partial charge >= 0.3 is 17.6 Å². The average Bonchev–Trinajstić information content (AvgIpc) is 2.40. The zero-order valence-electron chi connectivity index (χ0n) is 11.5. The average molecular weight is 282 g/mol. The third-order valence-corrected chi connectivity index (χ3v) is 9.52. The van der Waals surface area contributed by atoms with Crippen molar-refractivity contribution >= 4 is 17.6 Å². The van der Waals surface area contributed by atoms with Crippen molar-refractivity contribution in [2.45, 2.75) is 6.92 Å². The summed E-state index contributed by atoms with van der Waals surface area (Å²) < 4.78 is 32.5. The van der Waals surface area contributed by atoms with Gasteiger partial charge in [0, 0.05) is 42.7 Å². The van der Waals surface area contributed by atoms with E-state index in [1.165, 1.54) is 42.7 Å². The van der Waals surface area contributed by atoms with Crippen LogP contribution in [-0.4, -0.2) is 60.3 Å². The summed E-state index contributed by atoms with van der Waals surface area (Å²) in [7, 11) is 3.19. The first-order valence-electron chi connectivity index (χ1n) is 5.04. The van der Waals surface area contributed by atoms with Gasteiger partial charge in [0.15, 0.2) is 0 Å². The fraction of sp³-hybridized carbons (Fsp3) is 0.778. The molecule has 0 atom stereocenters. The molecule has 0 saturated heterocycles. The second-order valence-corrected chi connectivity index (χ2v) is 9.29. The second-order valence-electron chi connectivity index (χ2n) is 3.04. The van der Waals surface area contributed by atoms with Crippen LogP contribution in [0.4, 0.5) is 0 Å². The fourth-order valence-corrected chi connectivity index (χ4v) is 8.06. The molecular weight excluding hydrogens is 260 g/mol. The van der Waals surface area contributed by atoms with Gasteiger partial charge in [0.05, 0.1) is 4.82 Å². The van der Waals surface area contributed by atoms with Crippen molar-refractivity contribution in [3.63, 3.8) is 0 Å². The second kappa shape index (κ2) is 7.39. The van der Waals surface area contributed by atoms with Crippen LogP contribution in [0.3, 0.4) is 0 Å². The lowest BCUT2D eigenvalue weighted by atomic mass is 10.8. The predicted molar refractivity (Wildman–Crippen MR) is 67.3 cm³/mol. The topological polar surface area (TPSA) is 55.4 Å². The van der Waals surface area contributed by atoms with Crippen LogP contribution in [0.1, 0.15) is 6.92 Å². The van der Waals surface area contributed by atoms with Crippen molar-refractivity contribution in [3.8, 4) is 0 Å². The summed E-state index contributed by atoms with van der Waals surface area (Å²) in [5.41, 5.74) is 0. The van der Waals surface area contributed by atoms with Gasteiger partial charge in [0.1, 0.15) is 0 Å². The summed E-state index contributed by atoms with van der Waals surface area (Å²) in [5, 5.41) is 0. The molecule has 0 saturated carbocycles. The third kappa shape index (κ3) is 3.03.